The van der Waals surface area contributed by atoms with Crippen molar-refractivity contribution >= 4 is 33.3 Å². The Balaban J connectivity index is 2.57. The number of carbonyl (C=O) groups is 2. The van der Waals surface area contributed by atoms with Crippen molar-refractivity contribution in [1.82, 2.24) is 0 Å². The minimum absolute atomic E-state index is 0.126. The molecule has 0 radical (unpaired) electrons. The minimum atomic E-state index is -2.26. The van der Waals surface area contributed by atoms with Crippen molar-refractivity contribution in [3.8, 4) is 0 Å². The molecule has 0 saturated carbocycles. The number of hydrogen-bond acceptors (Lipinski definition) is 3. The fourth-order valence-corrected chi connectivity index (χ4v) is 2.51. The Morgan fingerprint density at radius 2 is 2.06 bits per heavy atom. The van der Waals surface area contributed by atoms with Gasteiger partial charge in [0.05, 0.1) is 0 Å². The molecule has 0 fully saturated rings. The highest BCUT2D eigenvalue weighted by atomic mass is 32.1. The second kappa shape index (κ2) is 4.06. The van der Waals surface area contributed by atoms with Crippen molar-refractivity contribution in [1.29, 1.82) is 0 Å². The molecular formula is C12H10FNO3S. The number of aromatic carboxylic acids is 1. The number of primary amides is 1. The third-order valence-corrected chi connectivity index (χ3v) is 3.82. The smallest absolute Gasteiger partial charge is 0.345 e. The first kappa shape index (κ1) is 12.5. The van der Waals surface area contributed by atoms with E-state index in [0.717, 1.165) is 18.3 Å². The number of carbonyl (C=O) groups excluding carboxylic acids is 1. The maximum absolute atomic E-state index is 14.1. The van der Waals surface area contributed by atoms with Crippen molar-refractivity contribution in [3.63, 3.8) is 0 Å². The van der Waals surface area contributed by atoms with Gasteiger partial charge in [0.2, 0.25) is 5.67 Å². The SMILES string of the molecule is CC(F)(C(N)=O)c1ccc2cc(C(=O)O)sc2c1. The topological polar surface area (TPSA) is 80.4 Å². The fourth-order valence-electron chi connectivity index (χ4n) is 1.57. The van der Waals surface area contributed by atoms with Gasteiger partial charge in [0, 0.05) is 4.70 Å². The van der Waals surface area contributed by atoms with Gasteiger partial charge in [-0.1, -0.05) is 12.1 Å². The lowest BCUT2D eigenvalue weighted by Crippen LogP contribution is -2.34. The number of carboxylic acids is 1. The number of nitrogens with two attached hydrogens (primary N) is 1. The molecule has 94 valence electrons. The Morgan fingerprint density at radius 1 is 1.39 bits per heavy atom. The molecule has 2 aromatic rings. The Morgan fingerprint density at radius 3 is 2.61 bits per heavy atom. The first-order valence-corrected chi connectivity index (χ1v) is 5.90. The van der Waals surface area contributed by atoms with Crippen LogP contribution in [0.15, 0.2) is 24.3 Å². The van der Waals surface area contributed by atoms with E-state index in [1.807, 2.05) is 0 Å². The molecule has 0 aliphatic heterocycles. The molecule has 6 heteroatoms. The predicted molar refractivity (Wildman–Crippen MR) is 66.4 cm³/mol. The van der Waals surface area contributed by atoms with Crippen LogP contribution in [-0.4, -0.2) is 17.0 Å². The summed E-state index contributed by atoms with van der Waals surface area (Å²) in [4.78, 5) is 22.0. The van der Waals surface area contributed by atoms with E-state index >= 15 is 0 Å². The van der Waals surface area contributed by atoms with Crippen LogP contribution in [0.1, 0.15) is 22.2 Å². The standard InChI is InChI=1S/C12H10FNO3S/c1-12(13,11(14)17)7-3-2-6-4-9(10(15)16)18-8(6)5-7/h2-5H,1H3,(H2,14,17)(H,15,16). The monoisotopic (exact) mass is 267 g/mol. The average Bonchev–Trinajstić information content (AvgIpc) is 2.71. The van der Waals surface area contributed by atoms with Gasteiger partial charge in [-0.25, -0.2) is 9.18 Å². The van der Waals surface area contributed by atoms with Crippen LogP contribution >= 0.6 is 11.3 Å². The number of amides is 1. The highest BCUT2D eigenvalue weighted by Crippen LogP contribution is 2.32. The van der Waals surface area contributed by atoms with Gasteiger partial charge in [0.25, 0.3) is 5.91 Å². The van der Waals surface area contributed by atoms with E-state index in [1.54, 1.807) is 6.07 Å². The van der Waals surface area contributed by atoms with Crippen molar-refractivity contribution in [2.24, 2.45) is 5.73 Å². The van der Waals surface area contributed by atoms with Crippen molar-refractivity contribution < 1.29 is 19.1 Å². The van der Waals surface area contributed by atoms with E-state index in [4.69, 9.17) is 10.8 Å². The van der Waals surface area contributed by atoms with Gasteiger partial charge in [0.1, 0.15) is 4.88 Å². The van der Waals surface area contributed by atoms with Gasteiger partial charge in [-0.2, -0.15) is 0 Å². The number of thiophene rings is 1. The highest BCUT2D eigenvalue weighted by Gasteiger charge is 2.33. The molecule has 1 aromatic heterocycles. The third kappa shape index (κ3) is 1.95. The fraction of sp³-hybridized carbons (Fsp3) is 0.167. The van der Waals surface area contributed by atoms with Crippen LogP contribution in [0, 0.1) is 0 Å². The van der Waals surface area contributed by atoms with Gasteiger partial charge in [-0.3, -0.25) is 4.79 Å². The molecule has 0 saturated heterocycles. The zero-order chi connectivity index (χ0) is 13.5. The van der Waals surface area contributed by atoms with Crippen molar-refractivity contribution in [3.05, 3.63) is 34.7 Å². The maximum Gasteiger partial charge on any atom is 0.345 e. The highest BCUT2D eigenvalue weighted by molar-refractivity contribution is 7.20. The molecule has 0 bridgehead atoms. The summed E-state index contributed by atoms with van der Waals surface area (Å²) >= 11 is 1.03. The van der Waals surface area contributed by atoms with Gasteiger partial charge < -0.3 is 10.8 Å². The number of halogens is 1. The summed E-state index contributed by atoms with van der Waals surface area (Å²) < 4.78 is 14.7. The van der Waals surface area contributed by atoms with Crippen LogP contribution in [-0.2, 0) is 10.5 Å². The molecule has 0 aliphatic carbocycles. The van der Waals surface area contributed by atoms with Crippen LogP contribution in [0.3, 0.4) is 0 Å². The summed E-state index contributed by atoms with van der Waals surface area (Å²) in [7, 11) is 0. The minimum Gasteiger partial charge on any atom is -0.477 e. The average molecular weight is 267 g/mol. The molecule has 3 N–H and O–H groups in total. The van der Waals surface area contributed by atoms with E-state index in [0.29, 0.717) is 10.1 Å². The van der Waals surface area contributed by atoms with E-state index in [2.05, 4.69) is 0 Å². The lowest BCUT2D eigenvalue weighted by Gasteiger charge is -2.16. The molecule has 0 aliphatic rings. The molecule has 2 rings (SSSR count). The van der Waals surface area contributed by atoms with Crippen LogP contribution in [0.4, 0.5) is 4.39 Å². The van der Waals surface area contributed by atoms with Gasteiger partial charge >= 0.3 is 5.97 Å². The third-order valence-electron chi connectivity index (χ3n) is 2.74. The molecule has 4 nitrogen and oxygen atoms in total. The molecule has 0 spiro atoms. The van der Waals surface area contributed by atoms with Crippen LogP contribution in [0.2, 0.25) is 0 Å². The Labute approximate surface area is 106 Å². The zero-order valence-electron chi connectivity index (χ0n) is 9.44. The zero-order valence-corrected chi connectivity index (χ0v) is 10.3. The lowest BCUT2D eigenvalue weighted by molar-refractivity contribution is -0.128. The largest absolute Gasteiger partial charge is 0.477 e. The summed E-state index contributed by atoms with van der Waals surface area (Å²) in [6.07, 6.45) is 0. The molecule has 1 amide bonds. The Kier molecular flexibility index (Phi) is 2.82. The lowest BCUT2D eigenvalue weighted by atomic mass is 9.97. The van der Waals surface area contributed by atoms with E-state index in [9.17, 15) is 14.0 Å². The summed E-state index contributed by atoms with van der Waals surface area (Å²) in [6, 6.07) is 5.98. The Bertz CT molecular complexity index is 648. The molecular weight excluding hydrogens is 257 g/mol. The van der Waals surface area contributed by atoms with Crippen LogP contribution < -0.4 is 5.73 Å². The summed E-state index contributed by atoms with van der Waals surface area (Å²) in [6.45, 7) is 1.09. The van der Waals surface area contributed by atoms with E-state index < -0.39 is 17.5 Å². The quantitative estimate of drug-likeness (QED) is 0.895. The number of benzene rings is 1. The number of hydrogen-bond donors (Lipinski definition) is 2. The van der Waals surface area contributed by atoms with Crippen LogP contribution in [0.5, 0.6) is 0 Å². The number of fused-ring (bicyclic) bond motifs is 1. The first-order chi connectivity index (χ1) is 8.32. The van der Waals surface area contributed by atoms with Crippen molar-refractivity contribution in [2.75, 3.05) is 0 Å². The number of alkyl halides is 1. The second-order valence-electron chi connectivity index (χ2n) is 4.04. The molecule has 18 heavy (non-hydrogen) atoms. The molecule has 1 atom stereocenters. The van der Waals surface area contributed by atoms with Gasteiger partial charge in [-0.15, -0.1) is 11.3 Å². The number of carboxylic acid groups (broad SMARTS) is 1. The van der Waals surface area contributed by atoms with E-state index in [1.165, 1.54) is 18.2 Å². The summed E-state index contributed by atoms with van der Waals surface area (Å²) in [5, 5.41) is 9.56. The first-order valence-electron chi connectivity index (χ1n) is 5.08. The van der Waals surface area contributed by atoms with E-state index in [-0.39, 0.29) is 10.4 Å². The predicted octanol–water partition coefficient (Wildman–Crippen LogP) is 2.27. The van der Waals surface area contributed by atoms with Gasteiger partial charge in [0.15, 0.2) is 0 Å². The Hall–Kier alpha value is -1.95. The molecule has 1 aromatic carbocycles. The van der Waals surface area contributed by atoms with Crippen molar-refractivity contribution in [2.45, 2.75) is 12.6 Å². The maximum atomic E-state index is 14.1. The number of rotatable bonds is 3. The van der Waals surface area contributed by atoms with Gasteiger partial charge in [-0.05, 0) is 30.0 Å². The summed E-state index contributed by atoms with van der Waals surface area (Å²) in [5.41, 5.74) is 2.86. The second-order valence-corrected chi connectivity index (χ2v) is 5.12. The summed E-state index contributed by atoms with van der Waals surface area (Å²) in [5.74, 6) is -2.10. The van der Waals surface area contributed by atoms with Crippen LogP contribution in [0.25, 0.3) is 10.1 Å². The molecule has 1 unspecified atom stereocenters. The molecule has 1 heterocycles. The normalized spacial score (nSPS) is 14.3.